The van der Waals surface area contributed by atoms with Crippen LogP contribution in [0, 0.1) is 11.3 Å². The summed E-state index contributed by atoms with van der Waals surface area (Å²) >= 11 is 0. The van der Waals surface area contributed by atoms with Gasteiger partial charge in [0.25, 0.3) is 0 Å². The first-order chi connectivity index (χ1) is 9.72. The number of benzene rings is 1. The molecule has 0 fully saturated rings. The zero-order valence-corrected chi connectivity index (χ0v) is 10.8. The fraction of sp³-hybridized carbons (Fsp3) is 0.133. The molecule has 0 spiro atoms. The summed E-state index contributed by atoms with van der Waals surface area (Å²) in [6.45, 7) is 2.06. The second-order valence-electron chi connectivity index (χ2n) is 4.33. The third-order valence-electron chi connectivity index (χ3n) is 3.10. The van der Waals surface area contributed by atoms with E-state index in [9.17, 15) is 4.79 Å². The fourth-order valence-electron chi connectivity index (χ4n) is 2.19. The normalized spacial score (nSPS) is 10.6. The van der Waals surface area contributed by atoms with E-state index in [0.717, 1.165) is 21.8 Å². The number of ether oxygens (including phenoxy) is 1. The Morgan fingerprint density at radius 3 is 2.90 bits per heavy atom. The second-order valence-corrected chi connectivity index (χ2v) is 4.33. The van der Waals surface area contributed by atoms with Gasteiger partial charge in [-0.15, -0.1) is 0 Å². The molecule has 1 aromatic carbocycles. The van der Waals surface area contributed by atoms with Crippen molar-refractivity contribution in [2.24, 2.45) is 0 Å². The molecule has 3 rings (SSSR count). The summed E-state index contributed by atoms with van der Waals surface area (Å²) in [6, 6.07) is 9.19. The lowest BCUT2D eigenvalue weighted by Gasteiger charge is -2.00. The Morgan fingerprint density at radius 1 is 1.35 bits per heavy atom. The van der Waals surface area contributed by atoms with E-state index in [0.29, 0.717) is 12.2 Å². The van der Waals surface area contributed by atoms with E-state index >= 15 is 0 Å². The Morgan fingerprint density at radius 2 is 2.15 bits per heavy atom. The summed E-state index contributed by atoms with van der Waals surface area (Å²) in [4.78, 5) is 19.0. The van der Waals surface area contributed by atoms with E-state index < -0.39 is 5.97 Å². The average Bonchev–Trinajstić information content (AvgIpc) is 2.84. The minimum Gasteiger partial charge on any atom is -0.461 e. The zero-order valence-electron chi connectivity index (χ0n) is 10.8. The number of aromatic amines is 1. The molecule has 0 aliphatic carbocycles. The number of esters is 1. The van der Waals surface area contributed by atoms with Crippen molar-refractivity contribution >= 4 is 27.8 Å². The minimum atomic E-state index is -0.444. The molecule has 1 N–H and O–H groups in total. The summed E-state index contributed by atoms with van der Waals surface area (Å²) in [5.41, 5.74) is 2.57. The van der Waals surface area contributed by atoms with Gasteiger partial charge in [0, 0.05) is 16.3 Å². The van der Waals surface area contributed by atoms with Gasteiger partial charge in [0.2, 0.25) is 0 Å². The Hall–Kier alpha value is -2.87. The fourth-order valence-corrected chi connectivity index (χ4v) is 2.19. The first kappa shape index (κ1) is 12.2. The predicted molar refractivity (Wildman–Crippen MR) is 74.3 cm³/mol. The Balaban J connectivity index is 2.23. The molecule has 5 heteroatoms. The number of hydrogen-bond acceptors (Lipinski definition) is 4. The van der Waals surface area contributed by atoms with Gasteiger partial charge < -0.3 is 9.72 Å². The number of hydrogen-bond donors (Lipinski definition) is 1. The quantitative estimate of drug-likeness (QED) is 0.722. The van der Waals surface area contributed by atoms with Crippen LogP contribution in [0.2, 0.25) is 0 Å². The lowest BCUT2D eigenvalue weighted by atomic mass is 10.1. The molecule has 2 heterocycles. The van der Waals surface area contributed by atoms with Crippen molar-refractivity contribution in [3.63, 3.8) is 0 Å². The maximum absolute atomic E-state index is 11.7. The van der Waals surface area contributed by atoms with Gasteiger partial charge in [0.05, 0.1) is 30.0 Å². The van der Waals surface area contributed by atoms with Crippen LogP contribution in [0.15, 0.2) is 30.5 Å². The van der Waals surface area contributed by atoms with Crippen molar-refractivity contribution in [3.8, 4) is 6.07 Å². The molecule has 5 nitrogen and oxygen atoms in total. The van der Waals surface area contributed by atoms with Gasteiger partial charge in [-0.2, -0.15) is 5.26 Å². The first-order valence-corrected chi connectivity index (χ1v) is 6.21. The largest absolute Gasteiger partial charge is 0.461 e. The van der Waals surface area contributed by atoms with Crippen molar-refractivity contribution in [2.45, 2.75) is 6.92 Å². The van der Waals surface area contributed by atoms with Crippen LogP contribution in [-0.2, 0) is 4.74 Å². The van der Waals surface area contributed by atoms with Crippen LogP contribution >= 0.6 is 0 Å². The van der Waals surface area contributed by atoms with E-state index in [-0.39, 0.29) is 5.69 Å². The van der Waals surface area contributed by atoms with Crippen molar-refractivity contribution in [3.05, 3.63) is 41.7 Å². The molecule has 0 saturated heterocycles. The van der Waals surface area contributed by atoms with Crippen LogP contribution in [0.25, 0.3) is 21.8 Å². The summed E-state index contributed by atoms with van der Waals surface area (Å²) in [5, 5.41) is 10.7. The molecule has 0 amide bonds. The number of carbonyl (C=O) groups is 1. The molecule has 0 aliphatic rings. The number of nitrogens with one attached hydrogen (secondary N) is 1. The van der Waals surface area contributed by atoms with Crippen molar-refractivity contribution in [1.82, 2.24) is 9.97 Å². The highest BCUT2D eigenvalue weighted by atomic mass is 16.5. The lowest BCUT2D eigenvalue weighted by Crippen LogP contribution is -2.06. The van der Waals surface area contributed by atoms with Crippen molar-refractivity contribution in [1.29, 1.82) is 5.26 Å². The number of aromatic nitrogens is 2. The highest BCUT2D eigenvalue weighted by molar-refractivity contribution is 6.09. The Kier molecular flexibility index (Phi) is 2.84. The Labute approximate surface area is 114 Å². The van der Waals surface area contributed by atoms with E-state index in [1.54, 1.807) is 31.3 Å². The monoisotopic (exact) mass is 265 g/mol. The number of nitrogens with zero attached hydrogens (tertiary/aromatic N) is 2. The summed E-state index contributed by atoms with van der Waals surface area (Å²) in [5.74, 6) is -0.444. The van der Waals surface area contributed by atoms with Crippen LogP contribution in [0.1, 0.15) is 23.0 Å². The topological polar surface area (TPSA) is 78.8 Å². The lowest BCUT2D eigenvalue weighted by molar-refractivity contribution is 0.0520. The number of fused-ring (bicyclic) bond motifs is 3. The number of carbonyl (C=O) groups excluding carboxylic acids is 1. The third-order valence-corrected chi connectivity index (χ3v) is 3.10. The highest BCUT2D eigenvalue weighted by Crippen LogP contribution is 2.26. The molecule has 20 heavy (non-hydrogen) atoms. The van der Waals surface area contributed by atoms with Crippen LogP contribution in [-0.4, -0.2) is 22.5 Å². The van der Waals surface area contributed by atoms with Gasteiger partial charge in [0.15, 0.2) is 0 Å². The highest BCUT2D eigenvalue weighted by Gasteiger charge is 2.12. The molecule has 3 aromatic rings. The zero-order chi connectivity index (χ0) is 14.1. The van der Waals surface area contributed by atoms with Crippen LogP contribution in [0.4, 0.5) is 0 Å². The summed E-state index contributed by atoms with van der Waals surface area (Å²) in [6.07, 6.45) is 1.60. The van der Waals surface area contributed by atoms with E-state index in [4.69, 9.17) is 10.00 Å². The molecule has 0 aliphatic heterocycles. The smallest absolute Gasteiger partial charge is 0.356 e. The molecular formula is C15H11N3O2. The number of rotatable bonds is 2. The minimum absolute atomic E-state index is 0.266. The van der Waals surface area contributed by atoms with Gasteiger partial charge >= 0.3 is 5.97 Å². The molecule has 0 radical (unpaired) electrons. The van der Waals surface area contributed by atoms with Gasteiger partial charge in [-0.3, -0.25) is 0 Å². The molecule has 0 bridgehead atoms. The number of nitriles is 1. The first-order valence-electron chi connectivity index (χ1n) is 6.21. The molecule has 98 valence electrons. The molecule has 0 atom stereocenters. The van der Waals surface area contributed by atoms with E-state index in [2.05, 4.69) is 16.0 Å². The number of H-pyrrole nitrogens is 1. The average molecular weight is 265 g/mol. The van der Waals surface area contributed by atoms with Crippen molar-refractivity contribution in [2.75, 3.05) is 6.61 Å². The van der Waals surface area contributed by atoms with Crippen molar-refractivity contribution < 1.29 is 9.53 Å². The van der Waals surface area contributed by atoms with Crippen LogP contribution < -0.4 is 0 Å². The molecular weight excluding hydrogens is 254 g/mol. The van der Waals surface area contributed by atoms with Gasteiger partial charge in [0.1, 0.15) is 5.69 Å². The Bertz CT molecular complexity index is 859. The van der Waals surface area contributed by atoms with E-state index in [1.165, 1.54) is 0 Å². The molecule has 2 aromatic heterocycles. The standard InChI is InChI=1S/C15H11N3O2/c1-2-20-15(19)13-6-11-10-5-9(7-16)3-4-12(10)18-14(11)8-17-13/h3-6,8,18H,2H2,1H3. The second kappa shape index (κ2) is 4.67. The number of pyridine rings is 1. The van der Waals surface area contributed by atoms with Gasteiger partial charge in [-0.1, -0.05) is 0 Å². The molecule has 0 saturated carbocycles. The maximum Gasteiger partial charge on any atom is 0.356 e. The SMILES string of the molecule is CCOC(=O)c1cc2c(cn1)[nH]c1ccc(C#N)cc12. The van der Waals surface area contributed by atoms with Crippen LogP contribution in [0.3, 0.4) is 0 Å². The molecule has 0 unspecified atom stereocenters. The van der Waals surface area contributed by atoms with E-state index in [1.807, 2.05) is 6.07 Å². The summed E-state index contributed by atoms with van der Waals surface area (Å²) < 4.78 is 4.95. The van der Waals surface area contributed by atoms with Crippen LogP contribution in [0.5, 0.6) is 0 Å². The predicted octanol–water partition coefficient (Wildman–Crippen LogP) is 2.76. The maximum atomic E-state index is 11.7. The third kappa shape index (κ3) is 1.88. The van der Waals surface area contributed by atoms with Gasteiger partial charge in [-0.25, -0.2) is 9.78 Å². The summed E-state index contributed by atoms with van der Waals surface area (Å²) in [7, 11) is 0. The van der Waals surface area contributed by atoms with Gasteiger partial charge in [-0.05, 0) is 31.2 Å².